The van der Waals surface area contributed by atoms with Crippen molar-refractivity contribution in [1.29, 1.82) is 0 Å². The maximum absolute atomic E-state index is 12.5. The molecule has 2 rings (SSSR count). The summed E-state index contributed by atoms with van der Waals surface area (Å²) in [5, 5.41) is 2.92. The molecule has 21 heavy (non-hydrogen) atoms. The number of nitrogens with zero attached hydrogens (tertiary/aromatic N) is 1. The van der Waals surface area contributed by atoms with Gasteiger partial charge in [-0.2, -0.15) is 8.78 Å². The van der Waals surface area contributed by atoms with Crippen LogP contribution in [0.5, 0.6) is 0 Å². The van der Waals surface area contributed by atoms with Crippen LogP contribution in [-0.2, 0) is 4.74 Å². The number of hydrogen-bond acceptors (Lipinski definition) is 5. The fraction of sp³-hybridized carbons (Fsp3) is 0.143. The Balaban J connectivity index is 2.24. The Labute approximate surface area is 124 Å². The minimum Gasteiger partial charge on any atom is -0.465 e. The highest BCUT2D eigenvalue weighted by atomic mass is 32.2. The molecule has 2 aromatic rings. The first-order chi connectivity index (χ1) is 10.1. The van der Waals surface area contributed by atoms with Gasteiger partial charge in [0, 0.05) is 11.1 Å². The van der Waals surface area contributed by atoms with Crippen molar-refractivity contribution in [3.8, 4) is 0 Å². The number of carbonyl (C=O) groups is 1. The number of carbonyl (C=O) groups excluding carboxylic acids is 1. The van der Waals surface area contributed by atoms with E-state index >= 15 is 0 Å². The lowest BCUT2D eigenvalue weighted by molar-refractivity contribution is 0.0600. The van der Waals surface area contributed by atoms with Gasteiger partial charge in [0.25, 0.3) is 5.76 Å². The molecule has 0 amide bonds. The average Bonchev–Trinajstić information content (AvgIpc) is 2.48. The Morgan fingerprint density at radius 1 is 1.33 bits per heavy atom. The molecule has 0 saturated heterocycles. The topological polar surface area (TPSA) is 51.2 Å². The molecule has 1 aromatic carbocycles. The molecule has 0 spiro atoms. The lowest BCUT2D eigenvalue weighted by atomic mass is 10.2. The van der Waals surface area contributed by atoms with Crippen LogP contribution in [0.4, 0.5) is 20.3 Å². The Bertz CT molecular complexity index is 638. The van der Waals surface area contributed by atoms with Crippen LogP contribution in [0.2, 0.25) is 0 Å². The number of alkyl halides is 2. The molecule has 0 aliphatic heterocycles. The SMILES string of the molecule is COC(=O)c1ccnc(Nc2ccccc2SC(F)F)c1. The molecule has 1 aromatic heterocycles. The number of aromatic nitrogens is 1. The first kappa shape index (κ1) is 15.2. The number of methoxy groups -OCH3 is 1. The number of esters is 1. The van der Waals surface area contributed by atoms with E-state index in [1.807, 2.05) is 0 Å². The highest BCUT2D eigenvalue weighted by Gasteiger charge is 2.11. The van der Waals surface area contributed by atoms with Crippen molar-refractivity contribution in [1.82, 2.24) is 4.98 Å². The molecule has 110 valence electrons. The molecule has 4 nitrogen and oxygen atoms in total. The Kier molecular flexibility index (Phi) is 5.10. The summed E-state index contributed by atoms with van der Waals surface area (Å²) in [5.74, 6) is -2.63. The number of pyridine rings is 1. The summed E-state index contributed by atoms with van der Waals surface area (Å²) in [6, 6.07) is 9.66. The first-order valence-corrected chi connectivity index (χ1v) is 6.83. The number of halogens is 2. The van der Waals surface area contributed by atoms with Gasteiger partial charge in [-0.15, -0.1) is 0 Å². The van der Waals surface area contributed by atoms with E-state index in [-0.39, 0.29) is 0 Å². The van der Waals surface area contributed by atoms with Gasteiger partial charge in [-0.25, -0.2) is 9.78 Å². The summed E-state index contributed by atoms with van der Waals surface area (Å²) in [7, 11) is 1.28. The van der Waals surface area contributed by atoms with Crippen molar-refractivity contribution in [2.75, 3.05) is 12.4 Å². The second-order valence-corrected chi connectivity index (χ2v) is 4.95. The predicted octanol–water partition coefficient (Wildman–Crippen LogP) is 3.93. The van der Waals surface area contributed by atoms with Crippen molar-refractivity contribution in [2.24, 2.45) is 0 Å². The summed E-state index contributed by atoms with van der Waals surface area (Å²) in [4.78, 5) is 15.9. The molecule has 0 bridgehead atoms. The molecule has 1 N–H and O–H groups in total. The van der Waals surface area contributed by atoms with Gasteiger partial charge in [0.05, 0.1) is 18.4 Å². The largest absolute Gasteiger partial charge is 0.465 e. The van der Waals surface area contributed by atoms with Crippen molar-refractivity contribution < 1.29 is 18.3 Å². The van der Waals surface area contributed by atoms with Gasteiger partial charge >= 0.3 is 5.97 Å². The van der Waals surface area contributed by atoms with Crippen LogP contribution in [0, 0.1) is 0 Å². The normalized spacial score (nSPS) is 10.5. The maximum atomic E-state index is 12.5. The molecule has 0 radical (unpaired) electrons. The Morgan fingerprint density at radius 3 is 2.81 bits per heavy atom. The summed E-state index contributed by atoms with van der Waals surface area (Å²) in [6.45, 7) is 0. The smallest absolute Gasteiger partial charge is 0.338 e. The molecule has 0 fully saturated rings. The molecule has 1 heterocycles. The van der Waals surface area contributed by atoms with Crippen LogP contribution in [0.3, 0.4) is 0 Å². The van der Waals surface area contributed by atoms with Crippen LogP contribution < -0.4 is 5.32 Å². The quantitative estimate of drug-likeness (QED) is 0.670. The van der Waals surface area contributed by atoms with Gasteiger partial charge in [-0.1, -0.05) is 23.9 Å². The summed E-state index contributed by atoms with van der Waals surface area (Å²) >= 11 is 0.444. The zero-order valence-corrected chi connectivity index (χ0v) is 11.9. The minimum absolute atomic E-state index is 0.328. The van der Waals surface area contributed by atoms with Crippen LogP contribution in [0.1, 0.15) is 10.4 Å². The van der Waals surface area contributed by atoms with Crippen molar-refractivity contribution in [3.05, 3.63) is 48.2 Å². The zero-order chi connectivity index (χ0) is 15.2. The number of anilines is 2. The average molecular weight is 310 g/mol. The molecule has 0 aliphatic carbocycles. The molecule has 0 unspecified atom stereocenters. The first-order valence-electron chi connectivity index (χ1n) is 5.95. The van der Waals surface area contributed by atoms with Crippen LogP contribution in [0.15, 0.2) is 47.5 Å². The highest BCUT2D eigenvalue weighted by Crippen LogP contribution is 2.33. The van der Waals surface area contributed by atoms with E-state index in [0.29, 0.717) is 33.7 Å². The van der Waals surface area contributed by atoms with Crippen LogP contribution >= 0.6 is 11.8 Å². The molecular weight excluding hydrogens is 298 g/mol. The molecule has 7 heteroatoms. The zero-order valence-electron chi connectivity index (χ0n) is 11.0. The van der Waals surface area contributed by atoms with Gasteiger partial charge < -0.3 is 10.1 Å². The summed E-state index contributed by atoms with van der Waals surface area (Å²) in [6.07, 6.45) is 1.44. The summed E-state index contributed by atoms with van der Waals surface area (Å²) in [5.41, 5.74) is 0.825. The minimum atomic E-state index is -2.51. The van der Waals surface area contributed by atoms with Crippen LogP contribution in [0.25, 0.3) is 0 Å². The lowest BCUT2D eigenvalue weighted by Crippen LogP contribution is -2.03. The number of thioether (sulfide) groups is 1. The number of hydrogen-bond donors (Lipinski definition) is 1. The Hall–Kier alpha value is -2.15. The highest BCUT2D eigenvalue weighted by molar-refractivity contribution is 7.99. The molecule has 0 atom stereocenters. The van der Waals surface area contributed by atoms with Gasteiger partial charge in [-0.05, 0) is 24.3 Å². The third-order valence-corrected chi connectivity index (χ3v) is 3.33. The Morgan fingerprint density at radius 2 is 2.10 bits per heavy atom. The number of benzene rings is 1. The fourth-order valence-corrected chi connectivity index (χ4v) is 2.25. The number of para-hydroxylation sites is 1. The third kappa shape index (κ3) is 4.16. The van der Waals surface area contributed by atoms with Crippen LogP contribution in [-0.4, -0.2) is 23.8 Å². The third-order valence-electron chi connectivity index (χ3n) is 2.55. The number of nitrogens with one attached hydrogen (secondary N) is 1. The van der Waals surface area contributed by atoms with Crippen molar-refractivity contribution in [3.63, 3.8) is 0 Å². The van der Waals surface area contributed by atoms with E-state index in [1.165, 1.54) is 25.4 Å². The fourth-order valence-electron chi connectivity index (χ4n) is 1.65. The van der Waals surface area contributed by atoms with E-state index in [9.17, 15) is 13.6 Å². The predicted molar refractivity (Wildman–Crippen MR) is 77.2 cm³/mol. The standard InChI is InChI=1S/C14H12F2N2O2S/c1-20-13(19)9-6-7-17-12(8-9)18-10-4-2-3-5-11(10)21-14(15)16/h2-8,14H,1H3,(H,17,18). The summed E-state index contributed by atoms with van der Waals surface area (Å²) < 4.78 is 29.6. The van der Waals surface area contributed by atoms with E-state index in [4.69, 9.17) is 0 Å². The monoisotopic (exact) mass is 310 g/mol. The van der Waals surface area contributed by atoms with Gasteiger partial charge in [0.15, 0.2) is 0 Å². The second-order valence-electron chi connectivity index (χ2n) is 3.92. The maximum Gasteiger partial charge on any atom is 0.338 e. The van der Waals surface area contributed by atoms with Crippen molar-refractivity contribution >= 4 is 29.2 Å². The number of ether oxygens (including phenoxy) is 1. The van der Waals surface area contributed by atoms with E-state index in [0.717, 1.165) is 0 Å². The second kappa shape index (κ2) is 7.03. The molecule has 0 aliphatic rings. The van der Waals surface area contributed by atoms with E-state index < -0.39 is 11.7 Å². The van der Waals surface area contributed by atoms with E-state index in [1.54, 1.807) is 24.3 Å². The van der Waals surface area contributed by atoms with Gasteiger partial charge in [-0.3, -0.25) is 0 Å². The molecule has 0 saturated carbocycles. The van der Waals surface area contributed by atoms with Gasteiger partial charge in [0.1, 0.15) is 5.82 Å². The van der Waals surface area contributed by atoms with E-state index in [2.05, 4.69) is 15.0 Å². The van der Waals surface area contributed by atoms with Gasteiger partial charge in [0.2, 0.25) is 0 Å². The van der Waals surface area contributed by atoms with Crippen molar-refractivity contribution in [2.45, 2.75) is 10.7 Å². The lowest BCUT2D eigenvalue weighted by Gasteiger charge is -2.11. The number of rotatable bonds is 5. The molecular formula is C14H12F2N2O2S.